The van der Waals surface area contributed by atoms with E-state index < -0.39 is 0 Å². The van der Waals surface area contributed by atoms with E-state index >= 15 is 0 Å². The minimum absolute atomic E-state index is 0. The molecule has 5 nitrogen and oxygen atoms in total. The van der Waals surface area contributed by atoms with Crippen LogP contribution in [0.5, 0.6) is 0 Å². The molecule has 22 heavy (non-hydrogen) atoms. The molecule has 130 valence electrons. The molecular weight excluding hydrogens is 393 g/mol. The second-order valence-corrected chi connectivity index (χ2v) is 5.94. The van der Waals surface area contributed by atoms with Crippen molar-refractivity contribution in [3.8, 4) is 0 Å². The number of guanidine groups is 1. The first-order valence-electron chi connectivity index (χ1n) is 8.61. The van der Waals surface area contributed by atoms with Gasteiger partial charge in [0.05, 0.1) is 18.2 Å². The molecule has 2 N–H and O–H groups in total. The summed E-state index contributed by atoms with van der Waals surface area (Å²) < 4.78 is 11.4. The molecule has 2 aliphatic heterocycles. The third-order valence-electron chi connectivity index (χ3n) is 4.13. The fourth-order valence-corrected chi connectivity index (χ4v) is 2.99. The van der Waals surface area contributed by atoms with Gasteiger partial charge in [0.15, 0.2) is 5.96 Å². The molecular formula is C16H32IN3O2. The van der Waals surface area contributed by atoms with E-state index in [1.807, 2.05) is 0 Å². The number of hydrogen-bond donors (Lipinski definition) is 2. The van der Waals surface area contributed by atoms with Crippen LogP contribution >= 0.6 is 24.0 Å². The van der Waals surface area contributed by atoms with Crippen LogP contribution in [-0.2, 0) is 9.47 Å². The molecule has 0 aromatic rings. The standard InChI is InChI=1S/C16H31N3O2.HI/c1-3-5-10-20-11-6-9-18-16(17-4-2)19-14-12-13-7-8-15(14)21-13;/h13-15H,3-12H2,1-2H3,(H2,17,18,19);1H. The summed E-state index contributed by atoms with van der Waals surface area (Å²) in [7, 11) is 0. The summed E-state index contributed by atoms with van der Waals surface area (Å²) in [5, 5.41) is 6.86. The maximum atomic E-state index is 5.88. The molecule has 0 aromatic carbocycles. The zero-order chi connectivity index (χ0) is 14.9. The van der Waals surface area contributed by atoms with Gasteiger partial charge in [-0.05, 0) is 39.0 Å². The lowest BCUT2D eigenvalue weighted by Gasteiger charge is -2.22. The Morgan fingerprint density at radius 1 is 1.23 bits per heavy atom. The first-order valence-corrected chi connectivity index (χ1v) is 8.61. The van der Waals surface area contributed by atoms with Gasteiger partial charge in [-0.1, -0.05) is 13.3 Å². The van der Waals surface area contributed by atoms with Crippen molar-refractivity contribution < 1.29 is 9.47 Å². The number of halogens is 1. The summed E-state index contributed by atoms with van der Waals surface area (Å²) in [6, 6.07) is 0.433. The van der Waals surface area contributed by atoms with Crippen molar-refractivity contribution >= 4 is 29.9 Å². The summed E-state index contributed by atoms with van der Waals surface area (Å²) in [4.78, 5) is 4.64. The Hall–Kier alpha value is -0.0800. The highest BCUT2D eigenvalue weighted by Crippen LogP contribution is 2.34. The van der Waals surface area contributed by atoms with Gasteiger partial charge in [0.25, 0.3) is 0 Å². The Morgan fingerprint density at radius 2 is 2.05 bits per heavy atom. The number of hydrogen-bond acceptors (Lipinski definition) is 3. The number of nitrogens with zero attached hydrogens (tertiary/aromatic N) is 1. The lowest BCUT2D eigenvalue weighted by Crippen LogP contribution is -2.47. The van der Waals surface area contributed by atoms with E-state index in [1.165, 1.54) is 19.3 Å². The van der Waals surface area contributed by atoms with Gasteiger partial charge in [0.2, 0.25) is 0 Å². The van der Waals surface area contributed by atoms with Gasteiger partial charge in [0, 0.05) is 26.3 Å². The first kappa shape index (κ1) is 20.0. The van der Waals surface area contributed by atoms with E-state index in [2.05, 4.69) is 29.5 Å². The zero-order valence-corrected chi connectivity index (χ0v) is 16.3. The minimum atomic E-state index is 0. The second-order valence-electron chi connectivity index (χ2n) is 5.94. The van der Waals surface area contributed by atoms with E-state index in [9.17, 15) is 0 Å². The van der Waals surface area contributed by atoms with E-state index in [0.717, 1.165) is 51.5 Å². The molecule has 6 heteroatoms. The zero-order valence-electron chi connectivity index (χ0n) is 14.0. The molecule has 0 spiro atoms. The molecule has 2 bridgehead atoms. The highest BCUT2D eigenvalue weighted by molar-refractivity contribution is 14.0. The summed E-state index contributed by atoms with van der Waals surface area (Å²) in [6.07, 6.45) is 7.72. The molecule has 2 saturated heterocycles. The molecule has 2 fully saturated rings. The van der Waals surface area contributed by atoms with Crippen molar-refractivity contribution in [1.82, 2.24) is 10.6 Å². The predicted molar refractivity (Wildman–Crippen MR) is 101 cm³/mol. The number of ether oxygens (including phenoxy) is 2. The average Bonchev–Trinajstić information content (AvgIpc) is 3.09. The maximum absolute atomic E-state index is 5.88. The molecule has 3 unspecified atom stereocenters. The fraction of sp³-hybridized carbons (Fsp3) is 0.938. The molecule has 0 amide bonds. The van der Waals surface area contributed by atoms with Crippen molar-refractivity contribution in [2.24, 2.45) is 4.99 Å². The molecule has 0 radical (unpaired) electrons. The molecule has 0 aliphatic carbocycles. The van der Waals surface area contributed by atoms with Crippen molar-refractivity contribution in [2.45, 2.75) is 70.6 Å². The molecule has 3 atom stereocenters. The van der Waals surface area contributed by atoms with Crippen LogP contribution in [-0.4, -0.2) is 50.5 Å². The molecule has 2 rings (SSSR count). The number of nitrogens with one attached hydrogen (secondary N) is 2. The number of aliphatic imine (C=N–C) groups is 1. The van der Waals surface area contributed by atoms with Gasteiger partial charge in [-0.2, -0.15) is 0 Å². The topological polar surface area (TPSA) is 54.9 Å². The SMILES string of the molecule is CCCCOCCCN=C(NCC)NC1CC2CCC1O2.I. The van der Waals surface area contributed by atoms with Gasteiger partial charge in [-0.15, -0.1) is 24.0 Å². The van der Waals surface area contributed by atoms with E-state index in [0.29, 0.717) is 18.2 Å². The van der Waals surface area contributed by atoms with Crippen LogP contribution in [0.15, 0.2) is 4.99 Å². The third kappa shape index (κ3) is 6.58. The van der Waals surface area contributed by atoms with Crippen molar-refractivity contribution in [3.05, 3.63) is 0 Å². The summed E-state index contributed by atoms with van der Waals surface area (Å²) in [5.41, 5.74) is 0. The van der Waals surface area contributed by atoms with Crippen molar-refractivity contribution in [3.63, 3.8) is 0 Å². The van der Waals surface area contributed by atoms with Gasteiger partial charge >= 0.3 is 0 Å². The van der Waals surface area contributed by atoms with Crippen LogP contribution in [0.3, 0.4) is 0 Å². The Kier molecular flexibility index (Phi) is 10.4. The minimum Gasteiger partial charge on any atom is -0.381 e. The van der Waals surface area contributed by atoms with E-state index in [1.54, 1.807) is 0 Å². The average molecular weight is 425 g/mol. The Balaban J connectivity index is 0.00000242. The smallest absolute Gasteiger partial charge is 0.191 e. The highest BCUT2D eigenvalue weighted by atomic mass is 127. The lowest BCUT2D eigenvalue weighted by atomic mass is 9.96. The molecule has 0 aromatic heterocycles. The van der Waals surface area contributed by atoms with Gasteiger partial charge in [-0.25, -0.2) is 0 Å². The van der Waals surface area contributed by atoms with Gasteiger partial charge in [0.1, 0.15) is 0 Å². The van der Waals surface area contributed by atoms with Crippen LogP contribution in [0.2, 0.25) is 0 Å². The largest absolute Gasteiger partial charge is 0.381 e. The molecule has 2 aliphatic rings. The monoisotopic (exact) mass is 425 g/mol. The number of rotatable bonds is 9. The van der Waals surface area contributed by atoms with Crippen LogP contribution in [0.25, 0.3) is 0 Å². The number of fused-ring (bicyclic) bond motifs is 2. The Labute approximate surface area is 152 Å². The van der Waals surface area contributed by atoms with Crippen molar-refractivity contribution in [2.75, 3.05) is 26.3 Å². The van der Waals surface area contributed by atoms with Crippen LogP contribution < -0.4 is 10.6 Å². The summed E-state index contributed by atoms with van der Waals surface area (Å²) in [6.45, 7) is 7.66. The van der Waals surface area contributed by atoms with E-state index in [4.69, 9.17) is 9.47 Å². The van der Waals surface area contributed by atoms with Crippen LogP contribution in [0, 0.1) is 0 Å². The summed E-state index contributed by atoms with van der Waals surface area (Å²) >= 11 is 0. The van der Waals surface area contributed by atoms with Crippen LogP contribution in [0.4, 0.5) is 0 Å². The lowest BCUT2D eigenvalue weighted by molar-refractivity contribution is 0.0992. The number of unbranched alkanes of at least 4 members (excludes halogenated alkanes) is 1. The fourth-order valence-electron chi connectivity index (χ4n) is 2.99. The highest BCUT2D eigenvalue weighted by Gasteiger charge is 2.41. The molecule has 0 saturated carbocycles. The van der Waals surface area contributed by atoms with Gasteiger partial charge in [-0.3, -0.25) is 4.99 Å². The summed E-state index contributed by atoms with van der Waals surface area (Å²) in [5.74, 6) is 0.923. The Bertz CT molecular complexity index is 329. The van der Waals surface area contributed by atoms with Crippen molar-refractivity contribution in [1.29, 1.82) is 0 Å². The quantitative estimate of drug-likeness (QED) is 0.258. The van der Waals surface area contributed by atoms with Gasteiger partial charge < -0.3 is 20.1 Å². The predicted octanol–water partition coefficient (Wildman–Crippen LogP) is 2.69. The second kappa shape index (κ2) is 11.5. The normalized spacial score (nSPS) is 26.8. The van der Waals surface area contributed by atoms with E-state index in [-0.39, 0.29) is 24.0 Å². The Morgan fingerprint density at radius 3 is 2.68 bits per heavy atom. The molecule has 2 heterocycles. The maximum Gasteiger partial charge on any atom is 0.191 e. The first-order chi connectivity index (χ1) is 10.3. The third-order valence-corrected chi connectivity index (χ3v) is 4.13. The van der Waals surface area contributed by atoms with Crippen LogP contribution in [0.1, 0.15) is 52.4 Å².